The first-order valence-corrected chi connectivity index (χ1v) is 8.72. The van der Waals surface area contributed by atoms with Crippen molar-refractivity contribution < 1.29 is 23.1 Å². The number of amides is 1. The smallest absolute Gasteiger partial charge is 0.250 e. The Kier molecular flexibility index (Phi) is 6.45. The van der Waals surface area contributed by atoms with E-state index in [1.54, 1.807) is 13.8 Å². The van der Waals surface area contributed by atoms with Crippen molar-refractivity contribution in [1.29, 1.82) is 0 Å². The Morgan fingerprint density at radius 2 is 2.12 bits per heavy atom. The molecule has 25 heavy (non-hydrogen) atoms. The summed E-state index contributed by atoms with van der Waals surface area (Å²) in [5.74, 6) is -2.98. The monoisotopic (exact) mass is 360 g/mol. The fraction of sp³-hybridized carbons (Fsp3) is 0.812. The van der Waals surface area contributed by atoms with E-state index in [9.17, 15) is 18.7 Å². The van der Waals surface area contributed by atoms with Crippen molar-refractivity contribution in [3.8, 4) is 0 Å². The summed E-state index contributed by atoms with van der Waals surface area (Å²) < 4.78 is 32.7. The minimum Gasteiger partial charge on any atom is -0.422 e. The van der Waals surface area contributed by atoms with Crippen LogP contribution in [0.1, 0.15) is 76.2 Å². The lowest BCUT2D eigenvalue weighted by atomic mass is 10.0. The average Bonchev–Trinajstić information content (AvgIpc) is 3.28. The third kappa shape index (κ3) is 5.43. The Hall–Kier alpha value is -1.61. The summed E-state index contributed by atoms with van der Waals surface area (Å²) in [6.07, 6.45) is 0.353. The molecule has 0 bridgehead atoms. The molecule has 1 unspecified atom stereocenters. The van der Waals surface area contributed by atoms with Gasteiger partial charge in [-0.3, -0.25) is 4.79 Å². The summed E-state index contributed by atoms with van der Waals surface area (Å²) in [6.45, 7) is 3.38. The molecule has 9 heteroatoms. The first kappa shape index (κ1) is 19.7. The molecule has 1 heterocycles. The Bertz CT molecular complexity index is 577. The van der Waals surface area contributed by atoms with Crippen LogP contribution in [0.4, 0.5) is 8.78 Å². The molecule has 0 radical (unpaired) electrons. The van der Waals surface area contributed by atoms with Crippen LogP contribution in [0, 0.1) is 0 Å². The highest BCUT2D eigenvalue weighted by Crippen LogP contribution is 2.39. The summed E-state index contributed by atoms with van der Waals surface area (Å²) in [4.78, 5) is 12.1. The molecule has 4 N–H and O–H groups in total. The van der Waals surface area contributed by atoms with Gasteiger partial charge in [-0.15, -0.1) is 10.2 Å². The molecule has 1 aliphatic rings. The highest BCUT2D eigenvalue weighted by Gasteiger charge is 2.35. The zero-order valence-electron chi connectivity index (χ0n) is 14.5. The fourth-order valence-electron chi connectivity index (χ4n) is 2.61. The normalized spacial score (nSPS) is 18.6. The van der Waals surface area contributed by atoms with Gasteiger partial charge in [0.1, 0.15) is 0 Å². The molecule has 142 valence electrons. The van der Waals surface area contributed by atoms with Crippen LogP contribution < -0.4 is 11.1 Å². The lowest BCUT2D eigenvalue weighted by Crippen LogP contribution is -2.49. The van der Waals surface area contributed by atoms with Gasteiger partial charge in [-0.2, -0.15) is 0 Å². The second-order valence-electron chi connectivity index (χ2n) is 6.64. The fourth-order valence-corrected chi connectivity index (χ4v) is 2.61. The Morgan fingerprint density at radius 3 is 2.68 bits per heavy atom. The number of alkyl halides is 2. The van der Waals surface area contributed by atoms with Crippen molar-refractivity contribution >= 4 is 5.91 Å². The summed E-state index contributed by atoms with van der Waals surface area (Å²) in [6, 6.07) is -2.10. The van der Waals surface area contributed by atoms with E-state index in [1.807, 2.05) is 0 Å². The molecule has 3 atom stereocenters. The molecule has 1 aromatic heterocycles. The van der Waals surface area contributed by atoms with Crippen LogP contribution in [0.3, 0.4) is 0 Å². The number of carbonyl (C=O) groups excluding carboxylic acids is 1. The number of nitrogens with zero attached hydrogens (tertiary/aromatic N) is 2. The summed E-state index contributed by atoms with van der Waals surface area (Å²) in [5, 5.41) is 20.6. The van der Waals surface area contributed by atoms with E-state index in [0.29, 0.717) is 18.7 Å². The third-order valence-corrected chi connectivity index (χ3v) is 4.26. The predicted octanol–water partition coefficient (Wildman–Crippen LogP) is 2.03. The van der Waals surface area contributed by atoms with Crippen molar-refractivity contribution in [1.82, 2.24) is 15.5 Å². The molecule has 7 nitrogen and oxygen atoms in total. The highest BCUT2D eigenvalue weighted by atomic mass is 19.3. The van der Waals surface area contributed by atoms with E-state index in [4.69, 9.17) is 10.2 Å². The molecule has 0 saturated heterocycles. The van der Waals surface area contributed by atoms with Gasteiger partial charge in [0.25, 0.3) is 0 Å². The van der Waals surface area contributed by atoms with E-state index in [0.717, 1.165) is 12.8 Å². The van der Waals surface area contributed by atoms with Crippen LogP contribution in [0.2, 0.25) is 0 Å². The first-order chi connectivity index (χ1) is 11.8. The summed E-state index contributed by atoms with van der Waals surface area (Å²) in [7, 11) is 0. The standard InChI is InChI=1S/C16H26F2N4O3/c1-3-7-16(17,18)8-10(19)13(24)20-11(4-2)12(23)15-22-21-14(25-15)9-5-6-9/h9-12,23H,3-8,19H2,1-2H3,(H,20,24)/t10-,11-,12?/m0/s1. The maximum absolute atomic E-state index is 13.6. The average molecular weight is 360 g/mol. The third-order valence-electron chi connectivity index (χ3n) is 4.26. The van der Waals surface area contributed by atoms with Crippen LogP contribution in [-0.2, 0) is 4.79 Å². The predicted molar refractivity (Wildman–Crippen MR) is 85.9 cm³/mol. The van der Waals surface area contributed by atoms with Crippen molar-refractivity contribution in [3.63, 3.8) is 0 Å². The van der Waals surface area contributed by atoms with Crippen molar-refractivity contribution in [3.05, 3.63) is 11.8 Å². The molecule has 1 aromatic rings. The zero-order valence-corrected chi connectivity index (χ0v) is 14.5. The second-order valence-corrected chi connectivity index (χ2v) is 6.64. The molecule has 1 saturated carbocycles. The number of rotatable bonds is 10. The van der Waals surface area contributed by atoms with E-state index in [2.05, 4.69) is 15.5 Å². The van der Waals surface area contributed by atoms with Crippen molar-refractivity contribution in [2.75, 3.05) is 0 Å². The van der Waals surface area contributed by atoms with Gasteiger partial charge < -0.3 is 20.6 Å². The van der Waals surface area contributed by atoms with E-state index >= 15 is 0 Å². The topological polar surface area (TPSA) is 114 Å². The lowest BCUT2D eigenvalue weighted by molar-refractivity contribution is -0.127. The first-order valence-electron chi connectivity index (χ1n) is 8.72. The largest absolute Gasteiger partial charge is 0.422 e. The molecule has 1 amide bonds. The number of hydrogen-bond acceptors (Lipinski definition) is 6. The number of nitrogens with one attached hydrogen (secondary N) is 1. The molecule has 1 fully saturated rings. The SMILES string of the molecule is CCCC(F)(F)C[C@H](N)C(=O)N[C@@H](CC)C(O)c1nnc(C2CC2)o1. The van der Waals surface area contributed by atoms with Crippen LogP contribution in [0.5, 0.6) is 0 Å². The molecule has 0 spiro atoms. The van der Waals surface area contributed by atoms with E-state index in [1.165, 1.54) is 0 Å². The van der Waals surface area contributed by atoms with Crippen molar-refractivity contribution in [2.24, 2.45) is 5.73 Å². The van der Waals surface area contributed by atoms with Crippen LogP contribution in [-0.4, -0.2) is 39.2 Å². The minimum atomic E-state index is -2.99. The quantitative estimate of drug-likeness (QED) is 0.588. The lowest BCUT2D eigenvalue weighted by Gasteiger charge is -2.24. The summed E-state index contributed by atoms with van der Waals surface area (Å²) in [5.41, 5.74) is 5.60. The molecule has 0 aromatic carbocycles. The number of hydrogen-bond donors (Lipinski definition) is 3. The Balaban J connectivity index is 1.93. The highest BCUT2D eigenvalue weighted by molar-refractivity contribution is 5.81. The molecular weight excluding hydrogens is 334 g/mol. The van der Waals surface area contributed by atoms with Crippen LogP contribution >= 0.6 is 0 Å². The van der Waals surface area contributed by atoms with Gasteiger partial charge >= 0.3 is 0 Å². The van der Waals surface area contributed by atoms with Crippen molar-refractivity contribution in [2.45, 2.75) is 82.4 Å². The Morgan fingerprint density at radius 1 is 1.44 bits per heavy atom. The maximum Gasteiger partial charge on any atom is 0.250 e. The number of aliphatic hydroxyl groups is 1. The number of aromatic nitrogens is 2. The van der Waals surface area contributed by atoms with E-state index < -0.39 is 36.4 Å². The van der Waals surface area contributed by atoms with Gasteiger partial charge in [0.2, 0.25) is 23.6 Å². The molecule has 0 aliphatic heterocycles. The number of carbonyl (C=O) groups is 1. The van der Waals surface area contributed by atoms with Gasteiger partial charge in [0.15, 0.2) is 6.10 Å². The van der Waals surface area contributed by atoms with Crippen LogP contribution in [0.25, 0.3) is 0 Å². The van der Waals surface area contributed by atoms with Gasteiger partial charge in [-0.05, 0) is 19.3 Å². The van der Waals surface area contributed by atoms with Gasteiger partial charge in [-0.25, -0.2) is 8.78 Å². The molecular formula is C16H26F2N4O3. The molecule has 2 rings (SSSR count). The number of halogens is 2. The number of aliphatic hydroxyl groups excluding tert-OH is 1. The van der Waals surface area contributed by atoms with Gasteiger partial charge in [-0.1, -0.05) is 20.3 Å². The van der Waals surface area contributed by atoms with Crippen LogP contribution in [0.15, 0.2) is 4.42 Å². The minimum absolute atomic E-state index is 0.0129. The van der Waals surface area contributed by atoms with E-state index in [-0.39, 0.29) is 18.2 Å². The summed E-state index contributed by atoms with van der Waals surface area (Å²) >= 11 is 0. The number of nitrogens with two attached hydrogens (primary N) is 1. The van der Waals surface area contributed by atoms with Gasteiger partial charge in [0.05, 0.1) is 12.1 Å². The maximum atomic E-state index is 13.6. The Labute approximate surface area is 145 Å². The van der Waals surface area contributed by atoms with Gasteiger partial charge in [0, 0.05) is 18.8 Å². The second kappa shape index (κ2) is 8.18. The molecule has 1 aliphatic carbocycles. The zero-order chi connectivity index (χ0) is 18.6.